The minimum absolute atomic E-state index is 0.111. The molecule has 0 spiro atoms. The van der Waals surface area contributed by atoms with Crippen molar-refractivity contribution >= 4 is 28.6 Å². The van der Waals surface area contributed by atoms with Gasteiger partial charge < -0.3 is 15.2 Å². The van der Waals surface area contributed by atoms with Crippen LogP contribution in [0.25, 0.3) is 28.5 Å². The maximum atomic E-state index is 5.20. The van der Waals surface area contributed by atoms with E-state index < -0.39 is 0 Å². The van der Waals surface area contributed by atoms with Crippen molar-refractivity contribution in [2.24, 2.45) is 10.9 Å². The molecular formula is C48H42N4. The monoisotopic (exact) mass is 674 g/mol. The Morgan fingerprint density at radius 2 is 1.56 bits per heavy atom. The molecule has 4 nitrogen and oxygen atoms in total. The van der Waals surface area contributed by atoms with E-state index in [4.69, 9.17) is 4.99 Å². The molecule has 0 bridgehead atoms. The van der Waals surface area contributed by atoms with E-state index in [9.17, 15) is 0 Å². The Morgan fingerprint density at radius 3 is 2.40 bits per heavy atom. The van der Waals surface area contributed by atoms with Gasteiger partial charge in [-0.1, -0.05) is 134 Å². The van der Waals surface area contributed by atoms with Crippen LogP contribution in [-0.4, -0.2) is 16.7 Å². The number of fused-ring (bicyclic) bond motifs is 6. The Bertz CT molecular complexity index is 2330. The van der Waals surface area contributed by atoms with Crippen LogP contribution in [0.4, 0.5) is 5.69 Å². The van der Waals surface area contributed by atoms with Crippen molar-refractivity contribution < 1.29 is 0 Å². The molecule has 1 aromatic heterocycles. The summed E-state index contributed by atoms with van der Waals surface area (Å²) >= 11 is 0. The molecule has 0 saturated heterocycles. The fraction of sp³-hybridized carbons (Fsp3) is 0.188. The molecule has 0 fully saturated rings. The Balaban J connectivity index is 0.949. The smallest absolute Gasteiger partial charge is 0.145 e. The first-order valence-corrected chi connectivity index (χ1v) is 18.9. The molecule has 4 heteroatoms. The number of H-pyrrole nitrogens is 1. The number of benzene rings is 3. The molecule has 3 aromatic carbocycles. The van der Waals surface area contributed by atoms with Crippen LogP contribution in [0.5, 0.6) is 0 Å². The van der Waals surface area contributed by atoms with Crippen molar-refractivity contribution in [1.82, 2.24) is 10.3 Å². The lowest BCUT2D eigenvalue weighted by Crippen LogP contribution is -2.34. The zero-order chi connectivity index (χ0) is 34.4. The first kappa shape index (κ1) is 30.9. The highest BCUT2D eigenvalue weighted by molar-refractivity contribution is 6.10. The quantitative estimate of drug-likeness (QED) is 0.221. The molecule has 2 N–H and O–H groups in total. The first-order valence-electron chi connectivity index (χ1n) is 18.9. The van der Waals surface area contributed by atoms with Gasteiger partial charge in [0.1, 0.15) is 6.17 Å². The van der Waals surface area contributed by atoms with Gasteiger partial charge in [-0.15, -0.1) is 0 Å². The van der Waals surface area contributed by atoms with Gasteiger partial charge in [0.15, 0.2) is 0 Å². The van der Waals surface area contributed by atoms with E-state index in [2.05, 4.69) is 167 Å². The molecule has 0 radical (unpaired) electrons. The van der Waals surface area contributed by atoms with Crippen molar-refractivity contribution in [1.29, 1.82) is 0 Å². The summed E-state index contributed by atoms with van der Waals surface area (Å²) in [6, 6.07) is 28.8. The summed E-state index contributed by atoms with van der Waals surface area (Å²) in [5.74, 6) is 0.324. The van der Waals surface area contributed by atoms with E-state index in [0.717, 1.165) is 49.8 Å². The van der Waals surface area contributed by atoms with Gasteiger partial charge in [-0.05, 0) is 84.6 Å². The summed E-state index contributed by atoms with van der Waals surface area (Å²) < 4.78 is 0. The maximum Gasteiger partial charge on any atom is 0.145 e. The fourth-order valence-electron chi connectivity index (χ4n) is 8.78. The predicted octanol–water partition coefficient (Wildman–Crippen LogP) is 11.0. The second kappa shape index (κ2) is 13.0. The van der Waals surface area contributed by atoms with Gasteiger partial charge >= 0.3 is 0 Å². The topological polar surface area (TPSA) is 43.4 Å². The lowest BCUT2D eigenvalue weighted by Gasteiger charge is -2.36. The van der Waals surface area contributed by atoms with Crippen molar-refractivity contribution in [2.75, 3.05) is 4.90 Å². The van der Waals surface area contributed by atoms with E-state index in [1.807, 2.05) is 0 Å². The maximum absolute atomic E-state index is 5.20. The van der Waals surface area contributed by atoms with Crippen molar-refractivity contribution in [2.45, 2.75) is 50.7 Å². The highest BCUT2D eigenvalue weighted by Crippen LogP contribution is 2.49. The van der Waals surface area contributed by atoms with Gasteiger partial charge in [-0.25, -0.2) is 0 Å². The third-order valence-corrected chi connectivity index (χ3v) is 11.4. The van der Waals surface area contributed by atoms with Crippen LogP contribution in [0, 0.1) is 5.92 Å². The van der Waals surface area contributed by atoms with Crippen molar-refractivity contribution in [3.05, 3.63) is 191 Å². The SMILES string of the molecule is C1=CCC(C2=CC(c3ccc(C4=CCC(N5C6=C(CCC=C6)c6c([nH]c7c6C=CCC7)-c6ccccc65)C=C4)cc3)=NC(c3ccccc3)N2)C=C1. The van der Waals surface area contributed by atoms with Crippen LogP contribution in [0.15, 0.2) is 162 Å². The highest BCUT2D eigenvalue weighted by atomic mass is 15.2. The number of hydrogen-bond acceptors (Lipinski definition) is 3. The van der Waals surface area contributed by atoms with Gasteiger partial charge in [0.05, 0.1) is 23.1 Å². The number of hydrogen-bond donors (Lipinski definition) is 2. The molecule has 3 unspecified atom stereocenters. The molecule has 6 aliphatic rings. The molecule has 254 valence electrons. The molecule has 52 heavy (non-hydrogen) atoms. The van der Waals surface area contributed by atoms with Crippen molar-refractivity contribution in [3.8, 4) is 11.3 Å². The third-order valence-electron chi connectivity index (χ3n) is 11.4. The summed E-state index contributed by atoms with van der Waals surface area (Å²) in [6.07, 6.45) is 33.8. The van der Waals surface area contributed by atoms with Crippen LogP contribution >= 0.6 is 0 Å². The Labute approximate surface area is 306 Å². The van der Waals surface area contributed by atoms with E-state index in [0.29, 0.717) is 5.92 Å². The van der Waals surface area contributed by atoms with Crippen LogP contribution in [-0.2, 0) is 6.42 Å². The summed E-state index contributed by atoms with van der Waals surface area (Å²) in [7, 11) is 0. The standard InChI is InChI=1S/C48H42N4/c1-3-13-34(14-4-1)42-31-43(51-48(50-42)36-15-5-2-6-16-36)35-25-23-32(24-26-35)33-27-29-37(30-28-33)52-44-21-11-8-18-39(44)46-38-17-7-10-20-41(38)49-47(46)40-19-9-12-22-45(40)52/h1-7,9,11-13,15-17,19,21-29,31,34,37,48-50H,8,10,14,18,20,30H2. The molecule has 0 amide bonds. The number of aryl methyl sites for hydroxylation is 1. The summed E-state index contributed by atoms with van der Waals surface area (Å²) in [5, 5.41) is 3.73. The normalized spacial score (nSPS) is 22.7. The third kappa shape index (κ3) is 5.41. The second-order valence-electron chi connectivity index (χ2n) is 14.5. The average Bonchev–Trinajstić information content (AvgIpc) is 3.56. The number of nitrogens with one attached hydrogen (secondary N) is 2. The average molecular weight is 675 g/mol. The van der Waals surface area contributed by atoms with Crippen LogP contribution in [0.3, 0.4) is 0 Å². The summed E-state index contributed by atoms with van der Waals surface area (Å²) in [6.45, 7) is 0. The number of para-hydroxylation sites is 1. The number of allylic oxidation sites excluding steroid dienone is 11. The summed E-state index contributed by atoms with van der Waals surface area (Å²) in [5.41, 5.74) is 17.9. The zero-order valence-electron chi connectivity index (χ0n) is 29.3. The molecule has 0 saturated carbocycles. The highest BCUT2D eigenvalue weighted by Gasteiger charge is 2.34. The first-order chi connectivity index (χ1) is 25.8. The van der Waals surface area contributed by atoms with E-state index in [1.54, 1.807) is 0 Å². The van der Waals surface area contributed by atoms with Gasteiger partial charge in [0, 0.05) is 39.7 Å². The lowest BCUT2D eigenvalue weighted by molar-refractivity contribution is 0.559. The minimum Gasteiger partial charge on any atom is -0.363 e. The van der Waals surface area contributed by atoms with Gasteiger partial charge in [0.2, 0.25) is 0 Å². The lowest BCUT2D eigenvalue weighted by atomic mass is 9.89. The number of aromatic nitrogens is 1. The van der Waals surface area contributed by atoms with Crippen LogP contribution < -0.4 is 10.2 Å². The predicted molar refractivity (Wildman–Crippen MR) is 217 cm³/mol. The Hall–Kier alpha value is -5.87. The number of nitrogens with zero attached hydrogens (tertiary/aromatic N) is 2. The Morgan fingerprint density at radius 1 is 0.731 bits per heavy atom. The largest absolute Gasteiger partial charge is 0.363 e. The molecule has 4 aliphatic carbocycles. The fourth-order valence-corrected chi connectivity index (χ4v) is 8.78. The molecule has 2 aliphatic heterocycles. The van der Waals surface area contributed by atoms with Crippen molar-refractivity contribution in [3.63, 3.8) is 0 Å². The number of rotatable bonds is 5. The van der Waals surface area contributed by atoms with Gasteiger partial charge in [0.25, 0.3) is 0 Å². The van der Waals surface area contributed by atoms with E-state index in [1.165, 1.54) is 67.4 Å². The number of aromatic amines is 1. The number of aliphatic imine (C=N–C) groups is 1. The minimum atomic E-state index is -0.111. The van der Waals surface area contributed by atoms with Crippen LogP contribution in [0.1, 0.15) is 71.8 Å². The zero-order valence-corrected chi connectivity index (χ0v) is 29.3. The Kier molecular flexibility index (Phi) is 7.75. The van der Waals surface area contributed by atoms with E-state index >= 15 is 0 Å². The van der Waals surface area contributed by atoms with Gasteiger partial charge in [-0.2, -0.15) is 0 Å². The molecule has 3 atom stereocenters. The van der Waals surface area contributed by atoms with E-state index in [-0.39, 0.29) is 12.2 Å². The molecule has 4 aromatic rings. The second-order valence-corrected chi connectivity index (χ2v) is 14.5. The van der Waals surface area contributed by atoms with Crippen LogP contribution in [0.2, 0.25) is 0 Å². The molecule has 10 rings (SSSR count). The summed E-state index contributed by atoms with van der Waals surface area (Å²) in [4.78, 5) is 11.7. The molecular weight excluding hydrogens is 633 g/mol. The van der Waals surface area contributed by atoms with Gasteiger partial charge in [-0.3, -0.25) is 4.99 Å². The number of anilines is 1. The molecule has 3 heterocycles.